The highest BCUT2D eigenvalue weighted by Gasteiger charge is 2.21. The average molecular weight is 719 g/mol. The van der Waals surface area contributed by atoms with Crippen molar-refractivity contribution in [2.45, 2.75) is 19.8 Å². The number of methoxy groups -OCH3 is 2. The van der Waals surface area contributed by atoms with E-state index in [2.05, 4.69) is 28.9 Å². The number of ether oxygens (including phenoxy) is 2. The third-order valence-electron chi connectivity index (χ3n) is 8.93. The molecule has 0 saturated carbocycles. The van der Waals surface area contributed by atoms with E-state index >= 15 is 0 Å². The molecule has 0 spiro atoms. The van der Waals surface area contributed by atoms with E-state index in [-0.39, 0.29) is 17.7 Å². The number of carbonyl (C=O) groups is 2. The number of aromatic nitrogens is 2. The molecular weight excluding hydrogens is 672 g/mol. The minimum absolute atomic E-state index is 0.0806. The first-order chi connectivity index (χ1) is 25.8. The van der Waals surface area contributed by atoms with Gasteiger partial charge in [-0.25, -0.2) is 19.6 Å². The number of aliphatic hydroxyl groups is 1. The quantitative estimate of drug-likeness (QED) is 0.0795. The molecule has 0 amide bonds. The molecule has 1 aromatic heterocycles. The molecule has 5 rings (SSSR count). The molecule has 0 aliphatic carbocycles. The Hall–Kier alpha value is -5.62. The summed E-state index contributed by atoms with van der Waals surface area (Å²) in [5.74, 6) is -2.05. The van der Waals surface area contributed by atoms with Gasteiger partial charge in [-0.2, -0.15) is 0 Å². The minimum atomic E-state index is -1.03. The van der Waals surface area contributed by atoms with Gasteiger partial charge in [0.1, 0.15) is 0 Å². The van der Waals surface area contributed by atoms with Crippen LogP contribution in [0.4, 0.5) is 11.4 Å². The van der Waals surface area contributed by atoms with Crippen LogP contribution in [-0.4, -0.2) is 97.4 Å². The van der Waals surface area contributed by atoms with Gasteiger partial charge in [0, 0.05) is 80.6 Å². The molecule has 3 N–H and O–H groups in total. The summed E-state index contributed by atoms with van der Waals surface area (Å²) < 4.78 is 10.7. The van der Waals surface area contributed by atoms with Crippen molar-refractivity contribution in [3.63, 3.8) is 0 Å². The van der Waals surface area contributed by atoms with E-state index in [1.54, 1.807) is 62.8 Å². The second-order valence-corrected chi connectivity index (χ2v) is 12.5. The standard InChI is InChI=1S/C42H46N4O7/c1-4-22-45(24-27-52-2)35-18-14-31(15-19-35)39-37(29-6-10-33(11-7-29)41(48)49)44-40(38(43-39)30-8-12-34(13-9-30)42(50)51)32-16-20-36(21-17-32)46(23-5-26-47)25-28-53-3/h6-21,47H,4-5,22-28H2,1-3H3,(H,48,49)(H,50,51). The first kappa shape index (κ1) is 38.6. The van der Waals surface area contributed by atoms with Crippen LogP contribution < -0.4 is 9.80 Å². The van der Waals surface area contributed by atoms with Crippen molar-refractivity contribution in [3.8, 4) is 45.0 Å². The van der Waals surface area contributed by atoms with E-state index in [0.717, 1.165) is 42.0 Å². The lowest BCUT2D eigenvalue weighted by atomic mass is 9.98. The molecule has 0 saturated heterocycles. The first-order valence-electron chi connectivity index (χ1n) is 17.7. The van der Waals surface area contributed by atoms with Crippen molar-refractivity contribution in [1.82, 2.24) is 9.97 Å². The maximum atomic E-state index is 11.7. The Bertz CT molecular complexity index is 1940. The number of aromatic carboxylic acids is 2. The van der Waals surface area contributed by atoms with Gasteiger partial charge >= 0.3 is 11.9 Å². The lowest BCUT2D eigenvalue weighted by Crippen LogP contribution is -2.28. The van der Waals surface area contributed by atoms with Gasteiger partial charge in [-0.1, -0.05) is 55.5 Å². The molecule has 0 fully saturated rings. The van der Waals surface area contributed by atoms with E-state index in [1.165, 1.54) is 0 Å². The Balaban J connectivity index is 1.70. The van der Waals surface area contributed by atoms with Crippen LogP contribution in [0.1, 0.15) is 40.5 Å². The van der Waals surface area contributed by atoms with Crippen molar-refractivity contribution in [2.75, 3.05) is 70.0 Å². The fraction of sp³-hybridized carbons (Fsp3) is 0.286. The van der Waals surface area contributed by atoms with Crippen LogP contribution >= 0.6 is 0 Å². The molecule has 53 heavy (non-hydrogen) atoms. The summed E-state index contributed by atoms with van der Waals surface area (Å²) in [5.41, 5.74) is 7.58. The van der Waals surface area contributed by atoms with Crippen molar-refractivity contribution in [3.05, 3.63) is 108 Å². The van der Waals surface area contributed by atoms with E-state index in [4.69, 9.17) is 19.4 Å². The number of carboxylic acids is 2. The summed E-state index contributed by atoms with van der Waals surface area (Å²) in [6.45, 7) is 6.29. The fourth-order valence-electron chi connectivity index (χ4n) is 6.12. The summed E-state index contributed by atoms with van der Waals surface area (Å²) in [5, 5.41) is 28.7. The number of hydrogen-bond acceptors (Lipinski definition) is 9. The highest BCUT2D eigenvalue weighted by Crippen LogP contribution is 2.38. The van der Waals surface area contributed by atoms with Gasteiger partial charge in [0.15, 0.2) is 0 Å². The van der Waals surface area contributed by atoms with Crippen molar-refractivity contribution in [2.24, 2.45) is 0 Å². The van der Waals surface area contributed by atoms with Crippen molar-refractivity contribution >= 4 is 23.3 Å². The normalized spacial score (nSPS) is 11.0. The predicted molar refractivity (Wildman–Crippen MR) is 208 cm³/mol. The summed E-state index contributed by atoms with van der Waals surface area (Å²) >= 11 is 0. The number of anilines is 2. The van der Waals surface area contributed by atoms with Gasteiger partial charge in [-0.05, 0) is 61.4 Å². The molecule has 0 radical (unpaired) electrons. The molecule has 5 aromatic rings. The number of carboxylic acid groups (broad SMARTS) is 2. The molecule has 0 unspecified atom stereocenters. The summed E-state index contributed by atoms with van der Waals surface area (Å²) in [6, 6.07) is 29.2. The van der Waals surface area contributed by atoms with Gasteiger partial charge in [-0.15, -0.1) is 0 Å². The minimum Gasteiger partial charge on any atom is -0.478 e. The predicted octanol–water partition coefficient (Wildman–Crippen LogP) is 7.24. The summed E-state index contributed by atoms with van der Waals surface area (Å²) in [7, 11) is 3.35. The summed E-state index contributed by atoms with van der Waals surface area (Å²) in [4.78, 5) is 38.5. The van der Waals surface area contributed by atoms with Gasteiger partial charge in [0.2, 0.25) is 0 Å². The Labute approximate surface area is 310 Å². The molecule has 11 heteroatoms. The molecule has 0 aliphatic heterocycles. The van der Waals surface area contributed by atoms with Crippen LogP contribution in [0.2, 0.25) is 0 Å². The number of nitrogens with zero attached hydrogens (tertiary/aromatic N) is 4. The second-order valence-electron chi connectivity index (χ2n) is 12.5. The van der Waals surface area contributed by atoms with E-state index < -0.39 is 11.9 Å². The third-order valence-corrected chi connectivity index (χ3v) is 8.93. The van der Waals surface area contributed by atoms with E-state index in [1.807, 2.05) is 36.4 Å². The van der Waals surface area contributed by atoms with Crippen LogP contribution in [0.3, 0.4) is 0 Å². The number of benzene rings is 4. The Kier molecular flexibility index (Phi) is 13.7. The second kappa shape index (κ2) is 18.7. The molecule has 0 bridgehead atoms. The highest BCUT2D eigenvalue weighted by molar-refractivity contribution is 5.91. The Morgan fingerprint density at radius 1 is 0.547 bits per heavy atom. The van der Waals surface area contributed by atoms with Gasteiger partial charge in [0.05, 0.1) is 47.1 Å². The number of aliphatic hydroxyl groups excluding tert-OH is 1. The Morgan fingerprint density at radius 2 is 0.887 bits per heavy atom. The summed E-state index contributed by atoms with van der Waals surface area (Å²) in [6.07, 6.45) is 1.59. The number of rotatable bonds is 19. The lowest BCUT2D eigenvalue weighted by Gasteiger charge is -2.25. The highest BCUT2D eigenvalue weighted by atomic mass is 16.5. The largest absolute Gasteiger partial charge is 0.478 e. The van der Waals surface area contributed by atoms with Crippen LogP contribution in [0.15, 0.2) is 97.1 Å². The van der Waals surface area contributed by atoms with Crippen molar-refractivity contribution < 1.29 is 34.4 Å². The smallest absolute Gasteiger partial charge is 0.335 e. The maximum Gasteiger partial charge on any atom is 0.335 e. The molecular formula is C42H46N4O7. The fourth-order valence-corrected chi connectivity index (χ4v) is 6.12. The van der Waals surface area contributed by atoms with Gasteiger partial charge < -0.3 is 34.6 Å². The molecule has 276 valence electrons. The zero-order chi connectivity index (χ0) is 37.7. The van der Waals surface area contributed by atoms with E-state index in [0.29, 0.717) is 66.6 Å². The van der Waals surface area contributed by atoms with Crippen LogP contribution in [0.5, 0.6) is 0 Å². The van der Waals surface area contributed by atoms with Crippen LogP contribution in [0.25, 0.3) is 45.0 Å². The van der Waals surface area contributed by atoms with E-state index in [9.17, 15) is 24.9 Å². The third kappa shape index (κ3) is 9.63. The molecule has 0 aliphatic rings. The lowest BCUT2D eigenvalue weighted by molar-refractivity contribution is 0.0686. The first-order valence-corrected chi connectivity index (χ1v) is 17.7. The zero-order valence-corrected chi connectivity index (χ0v) is 30.4. The number of hydrogen-bond donors (Lipinski definition) is 3. The Morgan fingerprint density at radius 3 is 1.19 bits per heavy atom. The van der Waals surface area contributed by atoms with Crippen molar-refractivity contribution in [1.29, 1.82) is 0 Å². The SMILES string of the molecule is CCCN(CCOC)c1ccc(-c2nc(-c3ccc(C(=O)O)cc3)c(-c3ccc(N(CCCO)CCOC)cc3)nc2-c2ccc(C(=O)O)cc2)cc1. The average Bonchev–Trinajstić information content (AvgIpc) is 3.19. The molecule has 4 aromatic carbocycles. The van der Waals surface area contributed by atoms with Crippen LogP contribution in [-0.2, 0) is 9.47 Å². The topological polar surface area (TPSA) is 146 Å². The molecule has 11 nitrogen and oxygen atoms in total. The molecule has 1 heterocycles. The monoisotopic (exact) mass is 718 g/mol. The maximum absolute atomic E-state index is 11.7. The molecule has 0 atom stereocenters. The zero-order valence-electron chi connectivity index (χ0n) is 30.4. The van der Waals surface area contributed by atoms with Gasteiger partial charge in [-0.3, -0.25) is 0 Å². The van der Waals surface area contributed by atoms with Crippen LogP contribution in [0, 0.1) is 0 Å². The van der Waals surface area contributed by atoms with Gasteiger partial charge in [0.25, 0.3) is 0 Å².